The summed E-state index contributed by atoms with van der Waals surface area (Å²) in [5.74, 6) is 1.70. The van der Waals surface area contributed by atoms with Crippen LogP contribution in [0.15, 0.2) is 96.4 Å². The minimum Gasteiger partial charge on any atom is -0.494 e. The van der Waals surface area contributed by atoms with Crippen molar-refractivity contribution in [1.29, 1.82) is 0 Å². The first kappa shape index (κ1) is 23.3. The topological polar surface area (TPSA) is 38.8 Å². The summed E-state index contributed by atoms with van der Waals surface area (Å²) in [5.41, 5.74) is 4.01. The lowest BCUT2D eigenvalue weighted by Crippen LogP contribution is -2.10. The lowest BCUT2D eigenvalue weighted by atomic mass is 10.1. The highest BCUT2D eigenvalue weighted by molar-refractivity contribution is 7.12. The molecule has 0 saturated carbocycles. The Kier molecular flexibility index (Phi) is 7.79. The Hall–Kier alpha value is -3.83. The van der Waals surface area contributed by atoms with Gasteiger partial charge in [0.05, 0.1) is 18.1 Å². The molecule has 5 heteroatoms. The predicted molar refractivity (Wildman–Crippen MR) is 141 cm³/mol. The number of hydrogen-bond acceptors (Lipinski definition) is 5. The van der Waals surface area contributed by atoms with Crippen LogP contribution in [-0.4, -0.2) is 19.0 Å². The molecule has 0 saturated heterocycles. The second kappa shape index (κ2) is 11.3. The third-order valence-electron chi connectivity index (χ3n) is 5.15. The molecule has 0 unspecified atom stereocenters. The van der Waals surface area contributed by atoms with Gasteiger partial charge in [-0.1, -0.05) is 24.3 Å². The van der Waals surface area contributed by atoms with E-state index in [2.05, 4.69) is 41.3 Å². The van der Waals surface area contributed by atoms with Crippen molar-refractivity contribution in [3.05, 3.63) is 107 Å². The van der Waals surface area contributed by atoms with E-state index in [0.29, 0.717) is 13.2 Å². The molecule has 4 aromatic rings. The first-order valence-electron chi connectivity index (χ1n) is 11.3. The Labute approximate surface area is 204 Å². The number of carbonyl (C=O) groups excluding carboxylic acids is 1. The average Bonchev–Trinajstić information content (AvgIpc) is 3.41. The Bertz CT molecular complexity index is 1160. The number of rotatable bonds is 10. The van der Waals surface area contributed by atoms with Crippen molar-refractivity contribution in [1.82, 2.24) is 0 Å². The van der Waals surface area contributed by atoms with Crippen LogP contribution in [0.5, 0.6) is 11.5 Å². The molecule has 0 aliphatic carbocycles. The molecule has 0 N–H and O–H groups in total. The van der Waals surface area contributed by atoms with Crippen LogP contribution in [0, 0.1) is 0 Å². The maximum atomic E-state index is 12.3. The molecule has 172 valence electrons. The van der Waals surface area contributed by atoms with Gasteiger partial charge < -0.3 is 14.4 Å². The Morgan fingerprint density at radius 3 is 1.71 bits per heavy atom. The van der Waals surface area contributed by atoms with E-state index < -0.39 is 0 Å². The van der Waals surface area contributed by atoms with Crippen LogP contribution in [0.25, 0.3) is 6.08 Å². The molecule has 1 aromatic heterocycles. The number of anilines is 3. The molecule has 3 aromatic carbocycles. The Balaban J connectivity index is 1.62. The fourth-order valence-electron chi connectivity index (χ4n) is 3.57. The number of ether oxygens (including phenoxy) is 2. The molecular formula is C29H27NO3S. The lowest BCUT2D eigenvalue weighted by Gasteiger charge is -2.26. The minimum absolute atomic E-state index is 0.0180. The van der Waals surface area contributed by atoms with E-state index in [1.165, 1.54) is 11.3 Å². The van der Waals surface area contributed by atoms with E-state index in [-0.39, 0.29) is 5.78 Å². The van der Waals surface area contributed by atoms with Gasteiger partial charge in [0.2, 0.25) is 0 Å². The zero-order valence-electron chi connectivity index (χ0n) is 19.3. The van der Waals surface area contributed by atoms with Crippen molar-refractivity contribution in [3.63, 3.8) is 0 Å². The van der Waals surface area contributed by atoms with Crippen LogP contribution in [0.4, 0.5) is 17.1 Å². The number of hydrogen-bond donors (Lipinski definition) is 0. The number of ketones is 1. The molecule has 34 heavy (non-hydrogen) atoms. The summed E-state index contributed by atoms with van der Waals surface area (Å²) in [5, 5.41) is 1.91. The molecule has 4 rings (SSSR count). The fourth-order valence-corrected chi connectivity index (χ4v) is 4.22. The van der Waals surface area contributed by atoms with Crippen molar-refractivity contribution in [2.45, 2.75) is 13.8 Å². The number of benzene rings is 3. The summed E-state index contributed by atoms with van der Waals surface area (Å²) in [6.45, 7) is 5.21. The monoisotopic (exact) mass is 469 g/mol. The largest absolute Gasteiger partial charge is 0.494 e. The standard InChI is InChI=1S/C29H27NO3S/c1-3-32-26-16-12-24(13-17-26)30(25-14-18-27(19-15-25)33-4-2)23-10-7-22(8-11-23)9-20-28(31)29-6-5-21-34-29/h5-21H,3-4H2,1-2H3/b20-9+. The molecule has 0 atom stereocenters. The van der Waals surface area contributed by atoms with Crippen LogP contribution in [0.1, 0.15) is 29.1 Å². The molecule has 0 aliphatic rings. The molecule has 0 radical (unpaired) electrons. The van der Waals surface area contributed by atoms with Crippen LogP contribution >= 0.6 is 11.3 Å². The molecule has 0 spiro atoms. The van der Waals surface area contributed by atoms with Gasteiger partial charge in [-0.15, -0.1) is 11.3 Å². The lowest BCUT2D eigenvalue weighted by molar-refractivity contribution is 0.105. The molecule has 0 aliphatic heterocycles. The predicted octanol–water partition coefficient (Wildman–Crippen LogP) is 7.91. The molecule has 4 nitrogen and oxygen atoms in total. The number of nitrogens with zero attached hydrogens (tertiary/aromatic N) is 1. The second-order valence-electron chi connectivity index (χ2n) is 7.46. The van der Waals surface area contributed by atoms with Gasteiger partial charge in [0, 0.05) is 17.1 Å². The summed E-state index contributed by atoms with van der Waals surface area (Å²) >= 11 is 1.45. The molecule has 0 amide bonds. The summed E-state index contributed by atoms with van der Waals surface area (Å²) in [7, 11) is 0. The van der Waals surface area contributed by atoms with Gasteiger partial charge in [0.1, 0.15) is 11.5 Å². The minimum atomic E-state index is 0.0180. The zero-order chi connectivity index (χ0) is 23.8. The van der Waals surface area contributed by atoms with E-state index >= 15 is 0 Å². The van der Waals surface area contributed by atoms with Gasteiger partial charge in [-0.3, -0.25) is 4.79 Å². The van der Waals surface area contributed by atoms with E-state index in [1.807, 2.05) is 73.8 Å². The first-order chi connectivity index (χ1) is 16.7. The molecule has 0 bridgehead atoms. The van der Waals surface area contributed by atoms with Gasteiger partial charge in [0.25, 0.3) is 0 Å². The molecular weight excluding hydrogens is 442 g/mol. The van der Waals surface area contributed by atoms with Crippen LogP contribution in [0.3, 0.4) is 0 Å². The SMILES string of the molecule is CCOc1ccc(N(c2ccc(/C=C/C(=O)c3cccs3)cc2)c2ccc(OCC)cc2)cc1. The molecule has 1 heterocycles. The van der Waals surface area contributed by atoms with Gasteiger partial charge >= 0.3 is 0 Å². The Morgan fingerprint density at radius 2 is 1.26 bits per heavy atom. The molecule has 0 fully saturated rings. The van der Waals surface area contributed by atoms with Crippen molar-refractivity contribution >= 4 is 40.3 Å². The smallest absolute Gasteiger partial charge is 0.195 e. The van der Waals surface area contributed by atoms with Gasteiger partial charge in [0.15, 0.2) is 5.78 Å². The summed E-state index contributed by atoms with van der Waals surface area (Å²) in [4.78, 5) is 15.2. The Morgan fingerprint density at radius 1 is 0.765 bits per heavy atom. The summed E-state index contributed by atoms with van der Waals surface area (Å²) < 4.78 is 11.2. The fraction of sp³-hybridized carbons (Fsp3) is 0.138. The maximum Gasteiger partial charge on any atom is 0.195 e. The highest BCUT2D eigenvalue weighted by Gasteiger charge is 2.13. The van der Waals surface area contributed by atoms with E-state index in [4.69, 9.17) is 9.47 Å². The van der Waals surface area contributed by atoms with Crippen molar-refractivity contribution in [3.8, 4) is 11.5 Å². The average molecular weight is 470 g/mol. The highest BCUT2D eigenvalue weighted by atomic mass is 32.1. The summed E-state index contributed by atoms with van der Waals surface area (Å²) in [6.07, 6.45) is 3.47. The summed E-state index contributed by atoms with van der Waals surface area (Å²) in [6, 6.07) is 28.0. The van der Waals surface area contributed by atoms with E-state index in [1.54, 1.807) is 6.08 Å². The highest BCUT2D eigenvalue weighted by Crippen LogP contribution is 2.36. The van der Waals surface area contributed by atoms with E-state index in [9.17, 15) is 4.79 Å². The third-order valence-corrected chi connectivity index (χ3v) is 6.04. The van der Waals surface area contributed by atoms with Crippen molar-refractivity contribution in [2.24, 2.45) is 0 Å². The van der Waals surface area contributed by atoms with Gasteiger partial charge in [-0.05, 0) is 97.6 Å². The number of thiophene rings is 1. The van der Waals surface area contributed by atoms with Crippen LogP contribution < -0.4 is 14.4 Å². The van der Waals surface area contributed by atoms with Crippen molar-refractivity contribution < 1.29 is 14.3 Å². The van der Waals surface area contributed by atoms with Crippen LogP contribution in [-0.2, 0) is 0 Å². The van der Waals surface area contributed by atoms with Gasteiger partial charge in [-0.2, -0.15) is 0 Å². The quantitative estimate of drug-likeness (QED) is 0.175. The van der Waals surface area contributed by atoms with E-state index in [0.717, 1.165) is 39.0 Å². The van der Waals surface area contributed by atoms with Crippen molar-refractivity contribution in [2.75, 3.05) is 18.1 Å². The normalized spacial score (nSPS) is 10.9. The third kappa shape index (κ3) is 5.74. The number of carbonyl (C=O) groups is 1. The maximum absolute atomic E-state index is 12.3. The first-order valence-corrected chi connectivity index (χ1v) is 12.2. The number of allylic oxidation sites excluding steroid dienone is 1. The van der Waals surface area contributed by atoms with Gasteiger partial charge in [-0.25, -0.2) is 0 Å². The second-order valence-corrected chi connectivity index (χ2v) is 8.40. The van der Waals surface area contributed by atoms with Crippen LogP contribution in [0.2, 0.25) is 0 Å². The zero-order valence-corrected chi connectivity index (χ0v) is 20.1.